The molecule has 0 saturated heterocycles. The van der Waals surface area contributed by atoms with Crippen LogP contribution in [-0.2, 0) is 0 Å². The molecule has 0 spiro atoms. The van der Waals surface area contributed by atoms with Crippen molar-refractivity contribution in [3.8, 4) is 11.8 Å². The molecule has 4 nitrogen and oxygen atoms in total. The molecule has 1 amide bonds. The second-order valence-electron chi connectivity index (χ2n) is 3.76. The van der Waals surface area contributed by atoms with Gasteiger partial charge in [0.15, 0.2) is 0 Å². The number of amides is 1. The summed E-state index contributed by atoms with van der Waals surface area (Å²) in [7, 11) is 0. The monoisotopic (exact) mass is 251 g/mol. The molecule has 1 aromatic heterocycles. The highest BCUT2D eigenvalue weighted by molar-refractivity contribution is 6.02. The van der Waals surface area contributed by atoms with Gasteiger partial charge in [0.2, 0.25) is 0 Å². The van der Waals surface area contributed by atoms with Crippen molar-refractivity contribution in [2.24, 2.45) is 5.73 Å². The number of nitrogens with two attached hydrogens (primary N) is 1. The first-order valence-corrected chi connectivity index (χ1v) is 5.81. The fraction of sp³-hybridized carbons (Fsp3) is 0.0667. The highest BCUT2D eigenvalue weighted by Gasteiger charge is 2.06. The average Bonchev–Trinajstić information content (AvgIpc) is 2.46. The Morgan fingerprint density at radius 2 is 2.16 bits per heavy atom. The first kappa shape index (κ1) is 12.8. The first-order chi connectivity index (χ1) is 9.29. The van der Waals surface area contributed by atoms with Crippen LogP contribution in [0.3, 0.4) is 0 Å². The van der Waals surface area contributed by atoms with E-state index in [0.717, 1.165) is 5.56 Å². The molecule has 94 valence electrons. The van der Waals surface area contributed by atoms with Crippen molar-refractivity contribution in [1.29, 1.82) is 0 Å². The van der Waals surface area contributed by atoms with E-state index in [1.54, 1.807) is 36.5 Å². The van der Waals surface area contributed by atoms with E-state index < -0.39 is 0 Å². The lowest BCUT2D eigenvalue weighted by Gasteiger charge is -2.04. The molecular weight excluding hydrogens is 238 g/mol. The van der Waals surface area contributed by atoms with Crippen LogP contribution in [0.15, 0.2) is 48.7 Å². The van der Waals surface area contributed by atoms with Gasteiger partial charge in [-0.2, -0.15) is 0 Å². The summed E-state index contributed by atoms with van der Waals surface area (Å²) in [5.41, 5.74) is 7.18. The van der Waals surface area contributed by atoms with E-state index in [0.29, 0.717) is 17.9 Å². The minimum absolute atomic E-state index is 0.246. The molecule has 2 rings (SSSR count). The molecule has 2 aromatic rings. The van der Waals surface area contributed by atoms with Gasteiger partial charge in [-0.15, -0.1) is 0 Å². The lowest BCUT2D eigenvalue weighted by atomic mass is 10.2. The summed E-state index contributed by atoms with van der Waals surface area (Å²) in [6, 6.07) is 12.5. The molecule has 0 aliphatic rings. The zero-order chi connectivity index (χ0) is 13.5. The van der Waals surface area contributed by atoms with Gasteiger partial charge >= 0.3 is 0 Å². The second kappa shape index (κ2) is 6.34. The van der Waals surface area contributed by atoms with E-state index in [-0.39, 0.29) is 5.91 Å². The third kappa shape index (κ3) is 3.66. The summed E-state index contributed by atoms with van der Waals surface area (Å²) in [6.07, 6.45) is 1.58. The Kier molecular flexibility index (Phi) is 4.27. The number of anilines is 1. The lowest BCUT2D eigenvalue weighted by Crippen LogP contribution is -2.13. The first-order valence-electron chi connectivity index (χ1n) is 5.81. The number of hydrogen-bond donors (Lipinski definition) is 2. The molecule has 0 atom stereocenters. The maximum absolute atomic E-state index is 11.9. The summed E-state index contributed by atoms with van der Waals surface area (Å²) in [5.74, 6) is 5.44. The number of hydrogen-bond acceptors (Lipinski definition) is 3. The highest BCUT2D eigenvalue weighted by Crippen LogP contribution is 2.11. The van der Waals surface area contributed by atoms with Gasteiger partial charge in [0.25, 0.3) is 5.91 Å². The standard InChI is InChI=1S/C15H13N3O/c16-9-4-6-12-5-3-7-13(11-12)18-15(19)14-8-1-2-10-17-14/h1-3,5,7-8,10-11H,9,16H2,(H,18,19). The molecule has 0 aliphatic heterocycles. The van der Waals surface area contributed by atoms with Crippen LogP contribution in [0.1, 0.15) is 16.1 Å². The van der Waals surface area contributed by atoms with Gasteiger partial charge in [0, 0.05) is 17.4 Å². The quantitative estimate of drug-likeness (QED) is 0.797. The smallest absolute Gasteiger partial charge is 0.274 e. The van der Waals surface area contributed by atoms with Crippen molar-refractivity contribution in [2.75, 3.05) is 11.9 Å². The fourth-order valence-corrected chi connectivity index (χ4v) is 1.52. The minimum Gasteiger partial charge on any atom is -0.321 e. The molecule has 0 radical (unpaired) electrons. The van der Waals surface area contributed by atoms with Crippen LogP contribution in [0, 0.1) is 11.8 Å². The van der Waals surface area contributed by atoms with Gasteiger partial charge in [-0.05, 0) is 30.3 Å². The van der Waals surface area contributed by atoms with Gasteiger partial charge in [-0.1, -0.05) is 24.0 Å². The summed E-state index contributed by atoms with van der Waals surface area (Å²) in [6.45, 7) is 0.310. The Bertz CT molecular complexity index is 627. The van der Waals surface area contributed by atoms with Gasteiger partial charge < -0.3 is 11.1 Å². The van der Waals surface area contributed by atoms with Crippen LogP contribution in [0.4, 0.5) is 5.69 Å². The van der Waals surface area contributed by atoms with E-state index >= 15 is 0 Å². The van der Waals surface area contributed by atoms with Crippen LogP contribution >= 0.6 is 0 Å². The number of rotatable bonds is 2. The fourth-order valence-electron chi connectivity index (χ4n) is 1.52. The third-order valence-electron chi connectivity index (χ3n) is 2.35. The predicted molar refractivity (Wildman–Crippen MR) is 74.6 cm³/mol. The molecule has 0 saturated carbocycles. The lowest BCUT2D eigenvalue weighted by molar-refractivity contribution is 0.102. The molecule has 4 heteroatoms. The molecule has 3 N–H and O–H groups in total. The van der Waals surface area contributed by atoms with Crippen molar-refractivity contribution >= 4 is 11.6 Å². The number of pyridine rings is 1. The van der Waals surface area contributed by atoms with Crippen LogP contribution < -0.4 is 11.1 Å². The van der Waals surface area contributed by atoms with Crippen LogP contribution in [0.2, 0.25) is 0 Å². The summed E-state index contributed by atoms with van der Waals surface area (Å²) in [5, 5.41) is 2.77. The largest absolute Gasteiger partial charge is 0.321 e. The summed E-state index contributed by atoms with van der Waals surface area (Å²) >= 11 is 0. The topological polar surface area (TPSA) is 68.0 Å². The van der Waals surface area contributed by atoms with E-state index in [9.17, 15) is 4.79 Å². The van der Waals surface area contributed by atoms with Crippen LogP contribution in [0.5, 0.6) is 0 Å². The maximum Gasteiger partial charge on any atom is 0.274 e. The van der Waals surface area contributed by atoms with Gasteiger partial charge in [-0.25, -0.2) is 0 Å². The number of nitrogens with zero attached hydrogens (tertiary/aromatic N) is 1. The van der Waals surface area contributed by atoms with Crippen molar-refractivity contribution in [2.45, 2.75) is 0 Å². The van der Waals surface area contributed by atoms with E-state index in [2.05, 4.69) is 22.1 Å². The Hall–Kier alpha value is -2.64. The predicted octanol–water partition coefficient (Wildman–Crippen LogP) is 1.64. The number of benzene rings is 1. The molecule has 0 aliphatic carbocycles. The van der Waals surface area contributed by atoms with Crippen molar-refractivity contribution in [1.82, 2.24) is 4.98 Å². The number of carbonyl (C=O) groups excluding carboxylic acids is 1. The van der Waals surface area contributed by atoms with Crippen molar-refractivity contribution in [3.05, 3.63) is 59.9 Å². The Morgan fingerprint density at radius 3 is 2.89 bits per heavy atom. The normalized spacial score (nSPS) is 9.32. The zero-order valence-corrected chi connectivity index (χ0v) is 10.3. The maximum atomic E-state index is 11.9. The number of nitrogens with one attached hydrogen (secondary N) is 1. The Morgan fingerprint density at radius 1 is 1.26 bits per heavy atom. The van der Waals surface area contributed by atoms with Gasteiger partial charge in [0.05, 0.1) is 6.54 Å². The van der Waals surface area contributed by atoms with Crippen LogP contribution in [-0.4, -0.2) is 17.4 Å². The Balaban J connectivity index is 2.13. The molecular formula is C15H13N3O. The zero-order valence-electron chi connectivity index (χ0n) is 10.3. The Labute approximate surface area is 111 Å². The van der Waals surface area contributed by atoms with Gasteiger partial charge in [0.1, 0.15) is 5.69 Å². The number of aromatic nitrogens is 1. The number of carbonyl (C=O) groups is 1. The molecule has 1 aromatic carbocycles. The minimum atomic E-state index is -0.246. The van der Waals surface area contributed by atoms with Crippen molar-refractivity contribution in [3.63, 3.8) is 0 Å². The molecule has 0 fully saturated rings. The molecule has 1 heterocycles. The van der Waals surface area contributed by atoms with Crippen LogP contribution in [0.25, 0.3) is 0 Å². The molecule has 0 unspecified atom stereocenters. The average molecular weight is 251 g/mol. The summed E-state index contributed by atoms with van der Waals surface area (Å²) < 4.78 is 0. The van der Waals surface area contributed by atoms with E-state index in [4.69, 9.17) is 5.73 Å². The SMILES string of the molecule is NCC#Cc1cccc(NC(=O)c2ccccn2)c1. The summed E-state index contributed by atoms with van der Waals surface area (Å²) in [4.78, 5) is 15.9. The third-order valence-corrected chi connectivity index (χ3v) is 2.35. The van der Waals surface area contributed by atoms with Gasteiger partial charge in [-0.3, -0.25) is 9.78 Å². The molecule has 19 heavy (non-hydrogen) atoms. The van der Waals surface area contributed by atoms with E-state index in [1.807, 2.05) is 12.1 Å². The molecule has 0 bridgehead atoms. The highest BCUT2D eigenvalue weighted by atomic mass is 16.1. The second-order valence-corrected chi connectivity index (χ2v) is 3.76. The van der Waals surface area contributed by atoms with Crippen molar-refractivity contribution < 1.29 is 4.79 Å². The van der Waals surface area contributed by atoms with E-state index in [1.165, 1.54) is 0 Å².